The van der Waals surface area contributed by atoms with Crippen molar-refractivity contribution in [2.45, 2.75) is 57.5 Å². The lowest BCUT2D eigenvalue weighted by Crippen LogP contribution is -2.40. The van der Waals surface area contributed by atoms with Crippen LogP contribution in [-0.4, -0.2) is 50.9 Å². The average molecular weight is 434 g/mol. The Kier molecular flexibility index (Phi) is 7.14. The number of imidazole rings is 1. The Labute approximate surface area is 188 Å². The Morgan fingerprint density at radius 2 is 1.84 bits per heavy atom. The molecule has 0 unspecified atom stereocenters. The maximum absolute atomic E-state index is 13.1. The van der Waals surface area contributed by atoms with Gasteiger partial charge in [-0.05, 0) is 43.5 Å². The van der Waals surface area contributed by atoms with E-state index in [-0.39, 0.29) is 11.8 Å². The molecule has 0 bridgehead atoms. The van der Waals surface area contributed by atoms with E-state index in [1.165, 1.54) is 19.3 Å². The molecule has 0 spiro atoms. The van der Waals surface area contributed by atoms with Crippen molar-refractivity contribution in [1.82, 2.24) is 24.8 Å². The number of hydrogen-bond donors (Lipinski definition) is 1. The summed E-state index contributed by atoms with van der Waals surface area (Å²) >= 11 is 0. The summed E-state index contributed by atoms with van der Waals surface area (Å²) < 4.78 is 2.04. The minimum atomic E-state index is -0.106. The smallest absolute Gasteiger partial charge is 0.251 e. The summed E-state index contributed by atoms with van der Waals surface area (Å²) in [6, 6.07) is 11.7. The van der Waals surface area contributed by atoms with Crippen molar-refractivity contribution in [3.05, 3.63) is 60.2 Å². The zero-order chi connectivity index (χ0) is 22.3. The number of carbonyl (C=O) groups excluding carboxylic acids is 2. The molecule has 0 saturated heterocycles. The summed E-state index contributed by atoms with van der Waals surface area (Å²) in [6.07, 6.45) is 10.5. The summed E-state index contributed by atoms with van der Waals surface area (Å²) in [5.41, 5.74) is 2.48. The third kappa shape index (κ3) is 5.15. The van der Waals surface area contributed by atoms with Crippen LogP contribution in [0.25, 0.3) is 11.0 Å². The highest BCUT2D eigenvalue weighted by Gasteiger charge is 2.23. The number of hydrogen-bond acceptors (Lipinski definition) is 4. The van der Waals surface area contributed by atoms with Crippen molar-refractivity contribution < 1.29 is 9.59 Å². The molecule has 1 aliphatic carbocycles. The number of aryl methyl sites for hydroxylation is 1. The molecule has 0 atom stereocenters. The number of benzene rings is 1. The Bertz CT molecular complexity index is 1060. The van der Waals surface area contributed by atoms with Gasteiger partial charge in [0, 0.05) is 44.0 Å². The first kappa shape index (κ1) is 22.0. The summed E-state index contributed by atoms with van der Waals surface area (Å²) in [4.78, 5) is 36.0. The molecular weight excluding hydrogens is 402 g/mol. The standard InChI is InChI=1S/C25H31N5O2/c1-29(20-8-3-2-4-9-20)24(31)18-30-22-11-6-5-10-21(22)28-23(30)12-7-15-27-25(32)19-13-16-26-17-14-19/h5-6,10-11,13-14,16-17,20H,2-4,7-9,12,15,18H2,1H3,(H,27,32). The first-order valence-corrected chi connectivity index (χ1v) is 11.5. The van der Waals surface area contributed by atoms with E-state index in [1.54, 1.807) is 24.5 Å². The first-order chi connectivity index (χ1) is 15.6. The van der Waals surface area contributed by atoms with Gasteiger partial charge in [-0.2, -0.15) is 0 Å². The van der Waals surface area contributed by atoms with Crippen LogP contribution < -0.4 is 5.32 Å². The van der Waals surface area contributed by atoms with Crippen molar-refractivity contribution in [2.24, 2.45) is 0 Å². The van der Waals surface area contributed by atoms with Gasteiger partial charge in [0.2, 0.25) is 5.91 Å². The summed E-state index contributed by atoms with van der Waals surface area (Å²) in [6.45, 7) is 0.840. The second-order valence-electron chi connectivity index (χ2n) is 8.49. The number of amides is 2. The number of rotatable bonds is 8. The predicted octanol–water partition coefficient (Wildman–Crippen LogP) is 3.59. The molecular formula is C25H31N5O2. The summed E-state index contributed by atoms with van der Waals surface area (Å²) in [5, 5.41) is 2.95. The maximum atomic E-state index is 13.1. The van der Waals surface area contributed by atoms with Crippen LogP contribution in [0.5, 0.6) is 0 Å². The third-order valence-electron chi connectivity index (χ3n) is 6.35. The molecule has 7 heteroatoms. The lowest BCUT2D eigenvalue weighted by Gasteiger charge is -2.31. The fourth-order valence-corrected chi connectivity index (χ4v) is 4.47. The Morgan fingerprint density at radius 3 is 2.62 bits per heavy atom. The molecule has 2 heterocycles. The molecule has 1 aliphatic rings. The molecule has 2 aromatic heterocycles. The molecule has 3 aromatic rings. The number of aromatic nitrogens is 3. The van der Waals surface area contributed by atoms with Gasteiger partial charge in [0.1, 0.15) is 12.4 Å². The van der Waals surface area contributed by atoms with Crippen LogP contribution in [0, 0.1) is 0 Å². The topological polar surface area (TPSA) is 80.1 Å². The van der Waals surface area contributed by atoms with Crippen LogP contribution >= 0.6 is 0 Å². The molecule has 7 nitrogen and oxygen atoms in total. The molecule has 1 aromatic carbocycles. The average Bonchev–Trinajstić information content (AvgIpc) is 3.19. The monoisotopic (exact) mass is 433 g/mol. The number of likely N-dealkylation sites (N-methyl/N-ethyl adjacent to an activating group) is 1. The van der Waals surface area contributed by atoms with E-state index in [9.17, 15) is 9.59 Å². The van der Waals surface area contributed by atoms with E-state index < -0.39 is 0 Å². The van der Waals surface area contributed by atoms with Gasteiger partial charge in [-0.3, -0.25) is 14.6 Å². The van der Waals surface area contributed by atoms with Crippen LogP contribution in [0.1, 0.15) is 54.7 Å². The fourth-order valence-electron chi connectivity index (χ4n) is 4.47. The van der Waals surface area contributed by atoms with Crippen LogP contribution in [0.2, 0.25) is 0 Å². The molecule has 32 heavy (non-hydrogen) atoms. The van der Waals surface area contributed by atoms with Crippen molar-refractivity contribution in [2.75, 3.05) is 13.6 Å². The van der Waals surface area contributed by atoms with Gasteiger partial charge in [0.15, 0.2) is 0 Å². The van der Waals surface area contributed by atoms with E-state index in [0.29, 0.717) is 31.1 Å². The number of para-hydroxylation sites is 2. The molecule has 4 rings (SSSR count). The lowest BCUT2D eigenvalue weighted by molar-refractivity contribution is -0.133. The second kappa shape index (κ2) is 10.4. The Hall–Kier alpha value is -3.22. The number of pyridine rings is 1. The maximum Gasteiger partial charge on any atom is 0.251 e. The molecule has 1 fully saturated rings. The van der Waals surface area contributed by atoms with Gasteiger partial charge < -0.3 is 14.8 Å². The third-order valence-corrected chi connectivity index (χ3v) is 6.35. The summed E-state index contributed by atoms with van der Waals surface area (Å²) in [5.74, 6) is 0.909. The van der Waals surface area contributed by atoms with Crippen LogP contribution in [0.4, 0.5) is 0 Å². The number of nitrogens with zero attached hydrogens (tertiary/aromatic N) is 4. The summed E-state index contributed by atoms with van der Waals surface area (Å²) in [7, 11) is 1.94. The van der Waals surface area contributed by atoms with E-state index in [2.05, 4.69) is 10.3 Å². The molecule has 0 aliphatic heterocycles. The number of fused-ring (bicyclic) bond motifs is 1. The quantitative estimate of drug-likeness (QED) is 0.551. The molecule has 1 saturated carbocycles. The predicted molar refractivity (Wildman–Crippen MR) is 124 cm³/mol. The SMILES string of the molecule is CN(C(=O)Cn1c(CCCNC(=O)c2ccncc2)nc2ccccc21)C1CCCCC1. The van der Waals surface area contributed by atoms with Crippen molar-refractivity contribution in [3.63, 3.8) is 0 Å². The van der Waals surface area contributed by atoms with Gasteiger partial charge in [0.25, 0.3) is 5.91 Å². The van der Waals surface area contributed by atoms with Crippen LogP contribution in [0.3, 0.4) is 0 Å². The molecule has 1 N–H and O–H groups in total. The Morgan fingerprint density at radius 1 is 1.09 bits per heavy atom. The molecule has 0 radical (unpaired) electrons. The van der Waals surface area contributed by atoms with Gasteiger partial charge in [-0.1, -0.05) is 31.4 Å². The van der Waals surface area contributed by atoms with Gasteiger partial charge in [-0.15, -0.1) is 0 Å². The zero-order valence-electron chi connectivity index (χ0n) is 18.7. The van der Waals surface area contributed by atoms with Gasteiger partial charge >= 0.3 is 0 Å². The fraction of sp³-hybridized carbons (Fsp3) is 0.440. The largest absolute Gasteiger partial charge is 0.352 e. The van der Waals surface area contributed by atoms with Crippen molar-refractivity contribution >= 4 is 22.8 Å². The second-order valence-corrected chi connectivity index (χ2v) is 8.49. The highest BCUT2D eigenvalue weighted by Crippen LogP contribution is 2.23. The minimum Gasteiger partial charge on any atom is -0.352 e. The highest BCUT2D eigenvalue weighted by atomic mass is 16.2. The van der Waals surface area contributed by atoms with Gasteiger partial charge in [0.05, 0.1) is 11.0 Å². The van der Waals surface area contributed by atoms with Crippen LogP contribution in [-0.2, 0) is 17.8 Å². The van der Waals surface area contributed by atoms with Gasteiger partial charge in [-0.25, -0.2) is 4.98 Å². The number of nitrogens with one attached hydrogen (secondary N) is 1. The van der Waals surface area contributed by atoms with Crippen LogP contribution in [0.15, 0.2) is 48.8 Å². The first-order valence-electron chi connectivity index (χ1n) is 11.5. The number of carbonyl (C=O) groups is 2. The molecule has 168 valence electrons. The van der Waals surface area contributed by atoms with Crippen molar-refractivity contribution in [1.29, 1.82) is 0 Å². The lowest BCUT2D eigenvalue weighted by atomic mass is 9.94. The highest BCUT2D eigenvalue weighted by molar-refractivity contribution is 5.93. The van der Waals surface area contributed by atoms with Crippen molar-refractivity contribution in [3.8, 4) is 0 Å². The van der Waals surface area contributed by atoms with E-state index in [1.807, 2.05) is 40.8 Å². The van der Waals surface area contributed by atoms with E-state index in [4.69, 9.17) is 4.98 Å². The normalized spacial score (nSPS) is 14.4. The Balaban J connectivity index is 1.41. The van der Waals surface area contributed by atoms with E-state index >= 15 is 0 Å². The molecule has 2 amide bonds. The van der Waals surface area contributed by atoms with E-state index in [0.717, 1.165) is 36.1 Å². The minimum absolute atomic E-state index is 0.106. The zero-order valence-corrected chi connectivity index (χ0v) is 18.7.